The van der Waals surface area contributed by atoms with Crippen LogP contribution in [0, 0.1) is 5.92 Å². The SMILES string of the molecule is CC(C)Cc1ccc(C(C)NC(=O)c2ncn[nH]2)cc1. The average molecular weight is 272 g/mol. The first-order valence-electron chi connectivity index (χ1n) is 6.81. The molecule has 2 N–H and O–H groups in total. The van der Waals surface area contributed by atoms with Gasteiger partial charge >= 0.3 is 0 Å². The van der Waals surface area contributed by atoms with Crippen LogP contribution in [0.15, 0.2) is 30.6 Å². The highest BCUT2D eigenvalue weighted by molar-refractivity contribution is 5.90. The second-order valence-corrected chi connectivity index (χ2v) is 5.37. The summed E-state index contributed by atoms with van der Waals surface area (Å²) in [5.74, 6) is 0.624. The number of carbonyl (C=O) groups is 1. The van der Waals surface area contributed by atoms with Crippen molar-refractivity contribution in [3.05, 3.63) is 47.5 Å². The zero-order valence-corrected chi connectivity index (χ0v) is 12.1. The van der Waals surface area contributed by atoms with Gasteiger partial charge in [-0.3, -0.25) is 9.89 Å². The van der Waals surface area contributed by atoms with Crippen LogP contribution in [0.1, 0.15) is 48.6 Å². The quantitative estimate of drug-likeness (QED) is 0.878. The number of H-pyrrole nitrogens is 1. The molecular weight excluding hydrogens is 252 g/mol. The molecular formula is C15H20N4O. The van der Waals surface area contributed by atoms with Gasteiger partial charge in [0.25, 0.3) is 5.91 Å². The summed E-state index contributed by atoms with van der Waals surface area (Å²) in [6.45, 7) is 6.36. The molecule has 0 radical (unpaired) electrons. The van der Waals surface area contributed by atoms with E-state index in [0.717, 1.165) is 12.0 Å². The molecule has 1 aromatic carbocycles. The molecule has 1 aromatic heterocycles. The number of aromatic amines is 1. The predicted octanol–water partition coefficient (Wildman–Crippen LogP) is 2.49. The third-order valence-corrected chi connectivity index (χ3v) is 3.10. The van der Waals surface area contributed by atoms with Gasteiger partial charge in [-0.25, -0.2) is 4.98 Å². The Balaban J connectivity index is 1.98. The van der Waals surface area contributed by atoms with Crippen LogP contribution in [0.25, 0.3) is 0 Å². The normalized spacial score (nSPS) is 12.4. The summed E-state index contributed by atoms with van der Waals surface area (Å²) in [5.41, 5.74) is 2.39. The Morgan fingerprint density at radius 2 is 1.95 bits per heavy atom. The average Bonchev–Trinajstić information content (AvgIpc) is 2.92. The minimum absolute atomic E-state index is 0.0688. The number of amides is 1. The van der Waals surface area contributed by atoms with Crippen LogP contribution in [0.3, 0.4) is 0 Å². The molecule has 1 unspecified atom stereocenters. The standard InChI is InChI=1S/C15H20N4O/c1-10(2)8-12-4-6-13(7-5-12)11(3)18-15(20)14-16-9-17-19-14/h4-7,9-11H,8H2,1-3H3,(H,18,20)(H,16,17,19). The maximum atomic E-state index is 11.9. The number of hydrogen-bond acceptors (Lipinski definition) is 3. The van der Waals surface area contributed by atoms with Gasteiger partial charge in [0.2, 0.25) is 5.82 Å². The zero-order chi connectivity index (χ0) is 14.5. The number of nitrogens with zero attached hydrogens (tertiary/aromatic N) is 2. The molecule has 1 atom stereocenters. The largest absolute Gasteiger partial charge is 0.343 e. The summed E-state index contributed by atoms with van der Waals surface area (Å²) < 4.78 is 0. The smallest absolute Gasteiger partial charge is 0.289 e. The summed E-state index contributed by atoms with van der Waals surface area (Å²) in [4.78, 5) is 15.7. The van der Waals surface area contributed by atoms with Gasteiger partial charge in [-0.15, -0.1) is 0 Å². The van der Waals surface area contributed by atoms with Crippen molar-refractivity contribution < 1.29 is 4.79 Å². The molecule has 0 bridgehead atoms. The number of nitrogens with one attached hydrogen (secondary N) is 2. The first-order valence-corrected chi connectivity index (χ1v) is 6.81. The lowest BCUT2D eigenvalue weighted by molar-refractivity contribution is 0.0930. The fourth-order valence-electron chi connectivity index (χ4n) is 2.08. The van der Waals surface area contributed by atoms with Crippen molar-refractivity contribution in [1.82, 2.24) is 20.5 Å². The van der Waals surface area contributed by atoms with Crippen LogP contribution < -0.4 is 5.32 Å². The number of aromatic nitrogens is 3. The third kappa shape index (κ3) is 3.66. The number of carbonyl (C=O) groups excluding carboxylic acids is 1. The molecule has 0 fully saturated rings. The Morgan fingerprint density at radius 1 is 1.25 bits per heavy atom. The Labute approximate surface area is 118 Å². The molecule has 0 saturated carbocycles. The van der Waals surface area contributed by atoms with Crippen LogP contribution >= 0.6 is 0 Å². The number of hydrogen-bond donors (Lipinski definition) is 2. The molecule has 0 saturated heterocycles. The first kappa shape index (κ1) is 14.2. The molecule has 1 heterocycles. The Hall–Kier alpha value is -2.17. The molecule has 0 aliphatic heterocycles. The lowest BCUT2D eigenvalue weighted by Crippen LogP contribution is -2.27. The van der Waals surface area contributed by atoms with Crippen molar-refractivity contribution in [1.29, 1.82) is 0 Å². The van der Waals surface area contributed by atoms with Gasteiger partial charge in [-0.05, 0) is 30.4 Å². The van der Waals surface area contributed by atoms with Gasteiger partial charge in [0.15, 0.2) is 0 Å². The molecule has 20 heavy (non-hydrogen) atoms. The summed E-state index contributed by atoms with van der Waals surface area (Å²) >= 11 is 0. The van der Waals surface area contributed by atoms with E-state index in [1.54, 1.807) is 0 Å². The van der Waals surface area contributed by atoms with Crippen molar-refractivity contribution in [2.45, 2.75) is 33.2 Å². The molecule has 5 nitrogen and oxygen atoms in total. The van der Waals surface area contributed by atoms with E-state index in [-0.39, 0.29) is 17.8 Å². The van der Waals surface area contributed by atoms with E-state index in [0.29, 0.717) is 5.92 Å². The molecule has 1 amide bonds. The maximum Gasteiger partial charge on any atom is 0.289 e. The zero-order valence-electron chi connectivity index (χ0n) is 12.1. The van der Waals surface area contributed by atoms with Crippen molar-refractivity contribution in [3.63, 3.8) is 0 Å². The van der Waals surface area contributed by atoms with Crippen molar-refractivity contribution in [2.24, 2.45) is 5.92 Å². The minimum atomic E-state index is -0.249. The molecule has 2 aromatic rings. The van der Waals surface area contributed by atoms with E-state index in [4.69, 9.17) is 0 Å². The molecule has 0 spiro atoms. The summed E-state index contributed by atoms with van der Waals surface area (Å²) in [7, 11) is 0. The van der Waals surface area contributed by atoms with Crippen LogP contribution in [0.4, 0.5) is 0 Å². The molecule has 0 aliphatic rings. The van der Waals surface area contributed by atoms with Crippen molar-refractivity contribution in [2.75, 3.05) is 0 Å². The van der Waals surface area contributed by atoms with E-state index >= 15 is 0 Å². The third-order valence-electron chi connectivity index (χ3n) is 3.10. The lowest BCUT2D eigenvalue weighted by Gasteiger charge is -2.14. The van der Waals surface area contributed by atoms with E-state index < -0.39 is 0 Å². The molecule has 5 heteroatoms. The summed E-state index contributed by atoms with van der Waals surface area (Å²) in [6, 6.07) is 8.28. The highest BCUT2D eigenvalue weighted by atomic mass is 16.2. The fraction of sp³-hybridized carbons (Fsp3) is 0.400. The van der Waals surface area contributed by atoms with E-state index in [9.17, 15) is 4.79 Å². The van der Waals surface area contributed by atoms with Gasteiger partial charge in [-0.1, -0.05) is 38.1 Å². The van der Waals surface area contributed by atoms with E-state index in [2.05, 4.69) is 58.6 Å². The Kier molecular flexibility index (Phi) is 4.50. The lowest BCUT2D eigenvalue weighted by atomic mass is 10.00. The summed E-state index contributed by atoms with van der Waals surface area (Å²) in [5, 5.41) is 9.10. The first-order chi connectivity index (χ1) is 9.56. The topological polar surface area (TPSA) is 70.7 Å². The van der Waals surface area contributed by atoms with Gasteiger partial charge < -0.3 is 5.32 Å². The van der Waals surface area contributed by atoms with Gasteiger partial charge in [0.1, 0.15) is 6.33 Å². The minimum Gasteiger partial charge on any atom is -0.343 e. The predicted molar refractivity (Wildman–Crippen MR) is 77.2 cm³/mol. The van der Waals surface area contributed by atoms with Crippen LogP contribution in [0.5, 0.6) is 0 Å². The van der Waals surface area contributed by atoms with Crippen molar-refractivity contribution >= 4 is 5.91 Å². The molecule has 2 rings (SSSR count). The Morgan fingerprint density at radius 3 is 2.50 bits per heavy atom. The molecule has 0 aliphatic carbocycles. The second kappa shape index (κ2) is 6.32. The maximum absolute atomic E-state index is 11.9. The van der Waals surface area contributed by atoms with Crippen LogP contribution in [-0.4, -0.2) is 21.1 Å². The monoisotopic (exact) mass is 272 g/mol. The van der Waals surface area contributed by atoms with Crippen LogP contribution in [0.2, 0.25) is 0 Å². The van der Waals surface area contributed by atoms with Gasteiger partial charge in [0.05, 0.1) is 6.04 Å². The Bertz CT molecular complexity index is 546. The summed E-state index contributed by atoms with van der Waals surface area (Å²) in [6.07, 6.45) is 2.39. The fourth-order valence-corrected chi connectivity index (χ4v) is 2.08. The number of benzene rings is 1. The van der Waals surface area contributed by atoms with Gasteiger partial charge in [0, 0.05) is 0 Å². The number of rotatable bonds is 5. The highest BCUT2D eigenvalue weighted by Crippen LogP contribution is 2.15. The highest BCUT2D eigenvalue weighted by Gasteiger charge is 2.13. The van der Waals surface area contributed by atoms with Crippen molar-refractivity contribution in [3.8, 4) is 0 Å². The second-order valence-electron chi connectivity index (χ2n) is 5.37. The van der Waals surface area contributed by atoms with Crippen LogP contribution in [-0.2, 0) is 6.42 Å². The molecule has 106 valence electrons. The van der Waals surface area contributed by atoms with Gasteiger partial charge in [-0.2, -0.15) is 5.10 Å². The van der Waals surface area contributed by atoms with E-state index in [1.807, 2.05) is 6.92 Å². The van der Waals surface area contributed by atoms with E-state index in [1.165, 1.54) is 11.9 Å².